The average Bonchev–Trinajstić information content (AvgIpc) is 2.46. The lowest BCUT2D eigenvalue weighted by Gasteiger charge is -2.20. The van der Waals surface area contributed by atoms with Crippen molar-refractivity contribution in [2.24, 2.45) is 0 Å². The number of rotatable bonds is 7. The molecule has 0 aliphatic heterocycles. The predicted molar refractivity (Wildman–Crippen MR) is 85.0 cm³/mol. The van der Waals surface area contributed by atoms with Crippen LogP contribution in [0.15, 0.2) is 30.5 Å². The number of nitrogens with one attached hydrogen (secondary N) is 1. The molecule has 0 spiro atoms. The highest BCUT2D eigenvalue weighted by atomic mass is 15.1. The second-order valence-corrected chi connectivity index (χ2v) is 5.46. The predicted octanol–water partition coefficient (Wildman–Crippen LogP) is 3.16. The number of benzene rings is 1. The molecule has 2 rings (SSSR count). The van der Waals surface area contributed by atoms with E-state index in [4.69, 9.17) is 0 Å². The van der Waals surface area contributed by atoms with Gasteiger partial charge in [0.15, 0.2) is 0 Å². The molecule has 4 nitrogen and oxygen atoms in total. The maximum atomic E-state index is 4.50. The molecule has 108 valence electrons. The molecule has 4 heteroatoms. The van der Waals surface area contributed by atoms with Crippen LogP contribution in [0.2, 0.25) is 0 Å². The zero-order valence-corrected chi connectivity index (χ0v) is 12.6. The highest BCUT2D eigenvalue weighted by Crippen LogP contribution is 2.11. The first-order valence-electron chi connectivity index (χ1n) is 7.32. The lowest BCUT2D eigenvalue weighted by molar-refractivity contribution is 0.269. The maximum Gasteiger partial charge on any atom is 0.223 e. The summed E-state index contributed by atoms with van der Waals surface area (Å²) < 4.78 is 0. The van der Waals surface area contributed by atoms with Crippen molar-refractivity contribution >= 4 is 16.9 Å². The quantitative estimate of drug-likeness (QED) is 0.786. The highest BCUT2D eigenvalue weighted by molar-refractivity contribution is 5.78. The van der Waals surface area contributed by atoms with Crippen molar-refractivity contribution in [2.75, 3.05) is 25.5 Å². The Morgan fingerprint density at radius 3 is 2.80 bits per heavy atom. The minimum Gasteiger partial charge on any atom is -0.354 e. The molecule has 1 aromatic carbocycles. The lowest BCUT2D eigenvalue weighted by Crippen LogP contribution is -2.27. The Kier molecular flexibility index (Phi) is 5.30. The maximum absolute atomic E-state index is 4.50. The van der Waals surface area contributed by atoms with E-state index >= 15 is 0 Å². The van der Waals surface area contributed by atoms with Crippen LogP contribution in [0.3, 0.4) is 0 Å². The van der Waals surface area contributed by atoms with Gasteiger partial charge in [-0.3, -0.25) is 0 Å². The van der Waals surface area contributed by atoms with E-state index < -0.39 is 0 Å². The van der Waals surface area contributed by atoms with Crippen LogP contribution in [0.1, 0.15) is 26.7 Å². The summed E-state index contributed by atoms with van der Waals surface area (Å²) >= 11 is 0. The smallest absolute Gasteiger partial charge is 0.223 e. The first kappa shape index (κ1) is 14.7. The van der Waals surface area contributed by atoms with E-state index in [0.29, 0.717) is 6.04 Å². The number of fused-ring (bicyclic) bond motifs is 1. The van der Waals surface area contributed by atoms with E-state index in [1.54, 1.807) is 0 Å². The second kappa shape index (κ2) is 7.20. The van der Waals surface area contributed by atoms with Crippen molar-refractivity contribution in [3.05, 3.63) is 30.5 Å². The summed E-state index contributed by atoms with van der Waals surface area (Å²) in [7, 11) is 2.17. The minimum absolute atomic E-state index is 0.617. The minimum atomic E-state index is 0.617. The molecule has 1 aromatic heterocycles. The zero-order valence-electron chi connectivity index (χ0n) is 12.6. The fourth-order valence-corrected chi connectivity index (χ4v) is 2.00. The normalized spacial score (nSPS) is 11.4. The van der Waals surface area contributed by atoms with E-state index in [-0.39, 0.29) is 0 Å². The van der Waals surface area contributed by atoms with Crippen molar-refractivity contribution in [3.8, 4) is 0 Å². The summed E-state index contributed by atoms with van der Waals surface area (Å²) in [5.41, 5.74) is 0.990. The number of nitrogens with zero attached hydrogens (tertiary/aromatic N) is 3. The van der Waals surface area contributed by atoms with Gasteiger partial charge in [0.05, 0.1) is 5.52 Å². The van der Waals surface area contributed by atoms with Gasteiger partial charge < -0.3 is 10.2 Å². The summed E-state index contributed by atoms with van der Waals surface area (Å²) in [5.74, 6) is 0.723. The standard InChI is InChI=1S/C16H24N4/c1-13(2)20(3)11-7-6-10-17-16-18-12-14-8-4-5-9-15(14)19-16/h4-5,8-9,12-13H,6-7,10-11H2,1-3H3,(H,17,18,19). The third-order valence-corrected chi connectivity index (χ3v) is 3.59. The van der Waals surface area contributed by atoms with Crippen molar-refractivity contribution in [3.63, 3.8) is 0 Å². The zero-order chi connectivity index (χ0) is 14.4. The first-order chi connectivity index (χ1) is 9.66. The Hall–Kier alpha value is -1.68. The number of anilines is 1. The molecule has 0 atom stereocenters. The van der Waals surface area contributed by atoms with Gasteiger partial charge in [-0.2, -0.15) is 0 Å². The average molecular weight is 272 g/mol. The van der Waals surface area contributed by atoms with Crippen molar-refractivity contribution in [1.82, 2.24) is 14.9 Å². The second-order valence-electron chi connectivity index (χ2n) is 5.46. The van der Waals surface area contributed by atoms with E-state index in [1.807, 2.05) is 30.5 Å². The topological polar surface area (TPSA) is 41.0 Å². The molecule has 0 radical (unpaired) electrons. The number of aromatic nitrogens is 2. The molecule has 0 fully saturated rings. The Balaban J connectivity index is 1.76. The van der Waals surface area contributed by atoms with Gasteiger partial charge in [-0.25, -0.2) is 9.97 Å². The van der Waals surface area contributed by atoms with Gasteiger partial charge in [0.25, 0.3) is 0 Å². The molecule has 0 aliphatic rings. The van der Waals surface area contributed by atoms with Gasteiger partial charge in [0, 0.05) is 24.2 Å². The lowest BCUT2D eigenvalue weighted by atomic mass is 10.2. The van der Waals surface area contributed by atoms with Crippen LogP contribution in [0, 0.1) is 0 Å². The monoisotopic (exact) mass is 272 g/mol. The molecule has 0 bridgehead atoms. The van der Waals surface area contributed by atoms with Crippen LogP contribution >= 0.6 is 0 Å². The number of hydrogen-bond donors (Lipinski definition) is 1. The number of unbranched alkanes of at least 4 members (excludes halogenated alkanes) is 1. The molecule has 0 aliphatic carbocycles. The Morgan fingerprint density at radius 1 is 1.20 bits per heavy atom. The molecule has 0 amide bonds. The van der Waals surface area contributed by atoms with Crippen LogP contribution in [-0.2, 0) is 0 Å². The van der Waals surface area contributed by atoms with Gasteiger partial charge in [-0.05, 0) is 46.3 Å². The van der Waals surface area contributed by atoms with Crippen molar-refractivity contribution in [1.29, 1.82) is 0 Å². The Morgan fingerprint density at radius 2 is 2.00 bits per heavy atom. The van der Waals surface area contributed by atoms with Gasteiger partial charge in [-0.1, -0.05) is 18.2 Å². The molecule has 2 aromatic rings. The van der Waals surface area contributed by atoms with Crippen LogP contribution in [0.25, 0.3) is 10.9 Å². The third-order valence-electron chi connectivity index (χ3n) is 3.59. The molecule has 0 saturated carbocycles. The fraction of sp³-hybridized carbons (Fsp3) is 0.500. The third kappa shape index (κ3) is 4.17. The fourth-order valence-electron chi connectivity index (χ4n) is 2.00. The molecule has 20 heavy (non-hydrogen) atoms. The Bertz CT molecular complexity index is 539. The molecule has 1 heterocycles. The highest BCUT2D eigenvalue weighted by Gasteiger charge is 2.02. The van der Waals surface area contributed by atoms with Gasteiger partial charge >= 0.3 is 0 Å². The van der Waals surface area contributed by atoms with Crippen LogP contribution in [0.5, 0.6) is 0 Å². The van der Waals surface area contributed by atoms with Crippen LogP contribution < -0.4 is 5.32 Å². The SMILES string of the molecule is CC(C)N(C)CCCCNc1ncc2ccccc2n1. The molecule has 0 saturated heterocycles. The molecule has 1 N–H and O–H groups in total. The molecule has 0 unspecified atom stereocenters. The number of para-hydroxylation sites is 1. The largest absolute Gasteiger partial charge is 0.354 e. The molecular weight excluding hydrogens is 248 g/mol. The van der Waals surface area contributed by atoms with E-state index in [0.717, 1.165) is 36.4 Å². The van der Waals surface area contributed by atoms with E-state index in [2.05, 4.69) is 41.1 Å². The summed E-state index contributed by atoms with van der Waals surface area (Å²) in [6.45, 7) is 6.50. The summed E-state index contributed by atoms with van der Waals surface area (Å²) in [6, 6.07) is 8.66. The van der Waals surface area contributed by atoms with Gasteiger partial charge in [0.2, 0.25) is 5.95 Å². The molecular formula is C16H24N4. The van der Waals surface area contributed by atoms with Gasteiger partial charge in [-0.15, -0.1) is 0 Å². The Labute approximate surface area is 121 Å². The number of hydrogen-bond acceptors (Lipinski definition) is 4. The van der Waals surface area contributed by atoms with E-state index in [1.165, 1.54) is 6.42 Å². The summed E-state index contributed by atoms with van der Waals surface area (Å²) in [5, 5.41) is 4.38. The van der Waals surface area contributed by atoms with Crippen LogP contribution in [0.4, 0.5) is 5.95 Å². The van der Waals surface area contributed by atoms with Crippen molar-refractivity contribution < 1.29 is 0 Å². The van der Waals surface area contributed by atoms with Crippen LogP contribution in [-0.4, -0.2) is 41.0 Å². The summed E-state index contributed by atoms with van der Waals surface area (Å²) in [6.07, 6.45) is 4.19. The van der Waals surface area contributed by atoms with E-state index in [9.17, 15) is 0 Å². The van der Waals surface area contributed by atoms with Gasteiger partial charge in [0.1, 0.15) is 0 Å². The first-order valence-corrected chi connectivity index (χ1v) is 7.32. The van der Waals surface area contributed by atoms with Crippen molar-refractivity contribution in [2.45, 2.75) is 32.7 Å². The summed E-state index contributed by atoms with van der Waals surface area (Å²) in [4.78, 5) is 11.2.